The van der Waals surface area contributed by atoms with Crippen LogP contribution in [0.25, 0.3) is 27.5 Å². The number of hydrogen-bond acceptors (Lipinski definition) is 4. The lowest BCUT2D eigenvalue weighted by Gasteiger charge is -2.20. The minimum Gasteiger partial charge on any atom is -0.497 e. The summed E-state index contributed by atoms with van der Waals surface area (Å²) in [6.45, 7) is 0. The summed E-state index contributed by atoms with van der Waals surface area (Å²) in [6.07, 6.45) is 0. The molecule has 0 saturated carbocycles. The van der Waals surface area contributed by atoms with E-state index < -0.39 is 0 Å². The molecule has 0 N–H and O–H groups in total. The first-order valence-corrected chi connectivity index (χ1v) is 8.95. The fourth-order valence-corrected chi connectivity index (χ4v) is 3.64. The van der Waals surface area contributed by atoms with E-state index in [1.165, 1.54) is 0 Å². The number of hydrogen-bond donors (Lipinski definition) is 0. The van der Waals surface area contributed by atoms with E-state index in [0.717, 1.165) is 44.7 Å². The minimum absolute atomic E-state index is 0.636. The second-order valence-corrected chi connectivity index (χ2v) is 6.81. The van der Waals surface area contributed by atoms with Crippen molar-refractivity contribution >= 4 is 27.5 Å². The number of fused-ring (bicyclic) bond motifs is 3. The average molecular weight is 371 g/mol. The zero-order chi connectivity index (χ0) is 19.8. The molecule has 3 aromatic carbocycles. The molecule has 0 aliphatic carbocycles. The van der Waals surface area contributed by atoms with Crippen LogP contribution in [0.2, 0.25) is 0 Å². The Morgan fingerprint density at radius 1 is 0.821 bits per heavy atom. The quantitative estimate of drug-likeness (QED) is 0.520. The van der Waals surface area contributed by atoms with Crippen LogP contribution in [-0.4, -0.2) is 32.9 Å². The fraction of sp³-hybridized carbons (Fsp3) is 0.174. The Hall–Kier alpha value is -3.65. The Morgan fingerprint density at radius 3 is 1.86 bits per heavy atom. The molecule has 140 valence electrons. The molecule has 0 bridgehead atoms. The standard InChI is InChI=1S/C23H21N3O2/c1-25(2)23-11-15(14-24)5-8-22(23)26-20-9-6-16(27-3)12-18(20)19-13-17(28-4)7-10-21(19)26/h5-13H,1-4H3. The number of aromatic nitrogens is 1. The molecule has 1 heterocycles. The van der Waals surface area contributed by atoms with Crippen molar-refractivity contribution < 1.29 is 9.47 Å². The van der Waals surface area contributed by atoms with E-state index in [1.807, 2.05) is 61.5 Å². The lowest BCUT2D eigenvalue weighted by Crippen LogP contribution is -2.12. The van der Waals surface area contributed by atoms with Crippen LogP contribution in [0.15, 0.2) is 54.6 Å². The van der Waals surface area contributed by atoms with E-state index in [-0.39, 0.29) is 0 Å². The van der Waals surface area contributed by atoms with Crippen molar-refractivity contribution in [2.24, 2.45) is 0 Å². The lowest BCUT2D eigenvalue weighted by molar-refractivity contribution is 0.415. The highest BCUT2D eigenvalue weighted by atomic mass is 16.5. The molecule has 0 aliphatic heterocycles. The number of nitrogens with zero attached hydrogens (tertiary/aromatic N) is 3. The highest BCUT2D eigenvalue weighted by molar-refractivity contribution is 6.10. The van der Waals surface area contributed by atoms with Crippen molar-refractivity contribution in [1.82, 2.24) is 4.57 Å². The first kappa shape index (κ1) is 17.7. The maximum absolute atomic E-state index is 9.32. The molecule has 0 fully saturated rings. The smallest absolute Gasteiger partial charge is 0.119 e. The zero-order valence-electron chi connectivity index (χ0n) is 16.4. The van der Waals surface area contributed by atoms with E-state index in [1.54, 1.807) is 14.2 Å². The largest absolute Gasteiger partial charge is 0.497 e. The van der Waals surface area contributed by atoms with Gasteiger partial charge in [-0.3, -0.25) is 0 Å². The van der Waals surface area contributed by atoms with Gasteiger partial charge in [-0.2, -0.15) is 5.26 Å². The van der Waals surface area contributed by atoms with Gasteiger partial charge >= 0.3 is 0 Å². The molecule has 0 atom stereocenters. The Balaban J connectivity index is 2.14. The molecule has 0 spiro atoms. The monoisotopic (exact) mass is 371 g/mol. The summed E-state index contributed by atoms with van der Waals surface area (Å²) in [7, 11) is 7.32. The van der Waals surface area contributed by atoms with E-state index >= 15 is 0 Å². The van der Waals surface area contributed by atoms with Gasteiger partial charge in [0.2, 0.25) is 0 Å². The average Bonchev–Trinajstić information content (AvgIpc) is 3.05. The summed E-state index contributed by atoms with van der Waals surface area (Å²) in [5.74, 6) is 1.61. The van der Waals surface area contributed by atoms with Gasteiger partial charge in [-0.25, -0.2) is 0 Å². The van der Waals surface area contributed by atoms with Gasteiger partial charge in [-0.15, -0.1) is 0 Å². The summed E-state index contributed by atoms with van der Waals surface area (Å²) in [5.41, 5.74) is 4.76. The topological polar surface area (TPSA) is 50.4 Å². The van der Waals surface area contributed by atoms with Crippen LogP contribution in [0.4, 0.5) is 5.69 Å². The van der Waals surface area contributed by atoms with Crippen LogP contribution in [0, 0.1) is 11.3 Å². The van der Waals surface area contributed by atoms with Crippen molar-refractivity contribution in [1.29, 1.82) is 5.26 Å². The molecule has 0 amide bonds. The molecule has 4 rings (SSSR count). The number of methoxy groups -OCH3 is 2. The van der Waals surface area contributed by atoms with Crippen molar-refractivity contribution in [2.75, 3.05) is 33.2 Å². The van der Waals surface area contributed by atoms with Gasteiger partial charge in [0, 0.05) is 24.9 Å². The molecule has 4 aromatic rings. The zero-order valence-corrected chi connectivity index (χ0v) is 16.4. The number of ether oxygens (including phenoxy) is 2. The molecule has 0 saturated heterocycles. The van der Waals surface area contributed by atoms with Crippen molar-refractivity contribution in [3.8, 4) is 23.3 Å². The van der Waals surface area contributed by atoms with Crippen molar-refractivity contribution in [3.63, 3.8) is 0 Å². The lowest BCUT2D eigenvalue weighted by atomic mass is 10.1. The van der Waals surface area contributed by atoms with Gasteiger partial charge in [-0.05, 0) is 54.6 Å². The van der Waals surface area contributed by atoms with E-state index in [4.69, 9.17) is 9.47 Å². The summed E-state index contributed by atoms with van der Waals surface area (Å²) >= 11 is 0. The normalized spacial score (nSPS) is 10.8. The predicted molar refractivity (Wildman–Crippen MR) is 113 cm³/mol. The third kappa shape index (κ3) is 2.71. The van der Waals surface area contributed by atoms with Gasteiger partial charge in [0.1, 0.15) is 11.5 Å². The number of nitriles is 1. The van der Waals surface area contributed by atoms with Gasteiger partial charge in [0.25, 0.3) is 0 Å². The van der Waals surface area contributed by atoms with E-state index in [0.29, 0.717) is 5.56 Å². The minimum atomic E-state index is 0.636. The van der Waals surface area contributed by atoms with Gasteiger partial charge in [0.15, 0.2) is 0 Å². The highest BCUT2D eigenvalue weighted by Gasteiger charge is 2.17. The molecule has 5 heteroatoms. The Bertz CT molecular complexity index is 1170. The molecular weight excluding hydrogens is 350 g/mol. The van der Waals surface area contributed by atoms with Gasteiger partial charge < -0.3 is 18.9 Å². The molecule has 0 unspecified atom stereocenters. The van der Waals surface area contributed by atoms with Gasteiger partial charge in [-0.1, -0.05) is 0 Å². The van der Waals surface area contributed by atoms with Crippen LogP contribution in [0.1, 0.15) is 5.56 Å². The maximum atomic E-state index is 9.32. The predicted octanol–water partition coefficient (Wildman–Crippen LogP) is 4.74. The molecule has 1 aromatic heterocycles. The molecule has 28 heavy (non-hydrogen) atoms. The molecular formula is C23H21N3O2. The Morgan fingerprint density at radius 2 is 1.39 bits per heavy atom. The van der Waals surface area contributed by atoms with Crippen LogP contribution in [-0.2, 0) is 0 Å². The SMILES string of the molecule is COc1ccc2c(c1)c1cc(OC)ccc1n2-c1ccc(C#N)cc1N(C)C. The maximum Gasteiger partial charge on any atom is 0.119 e. The van der Waals surface area contributed by atoms with E-state index in [2.05, 4.69) is 22.8 Å². The molecule has 5 nitrogen and oxygen atoms in total. The van der Waals surface area contributed by atoms with Crippen LogP contribution < -0.4 is 14.4 Å². The first-order valence-electron chi connectivity index (χ1n) is 8.95. The number of benzene rings is 3. The molecule has 0 aliphatic rings. The van der Waals surface area contributed by atoms with Crippen molar-refractivity contribution in [3.05, 3.63) is 60.2 Å². The second kappa shape index (κ2) is 6.82. The highest BCUT2D eigenvalue weighted by Crippen LogP contribution is 2.38. The third-order valence-corrected chi connectivity index (χ3v) is 5.01. The third-order valence-electron chi connectivity index (χ3n) is 5.01. The summed E-state index contributed by atoms with van der Waals surface area (Å²) in [6, 6.07) is 20.2. The summed E-state index contributed by atoms with van der Waals surface area (Å²) in [4.78, 5) is 2.03. The second-order valence-electron chi connectivity index (χ2n) is 6.81. The van der Waals surface area contributed by atoms with Gasteiger partial charge in [0.05, 0.1) is 48.3 Å². The number of rotatable bonds is 4. The Kier molecular flexibility index (Phi) is 4.32. The van der Waals surface area contributed by atoms with Crippen LogP contribution >= 0.6 is 0 Å². The van der Waals surface area contributed by atoms with E-state index in [9.17, 15) is 5.26 Å². The summed E-state index contributed by atoms with van der Waals surface area (Å²) in [5, 5.41) is 11.5. The molecule has 0 radical (unpaired) electrons. The summed E-state index contributed by atoms with van der Waals surface area (Å²) < 4.78 is 13.1. The van der Waals surface area contributed by atoms with Crippen LogP contribution in [0.3, 0.4) is 0 Å². The van der Waals surface area contributed by atoms with Crippen molar-refractivity contribution in [2.45, 2.75) is 0 Å². The Labute approximate surface area is 163 Å². The first-order chi connectivity index (χ1) is 13.6. The number of anilines is 1. The van der Waals surface area contributed by atoms with Crippen LogP contribution in [0.5, 0.6) is 11.5 Å². The fourth-order valence-electron chi connectivity index (χ4n) is 3.64.